The monoisotopic (exact) mass is 335 g/mol. The molecule has 1 amide bonds. The van der Waals surface area contributed by atoms with E-state index in [1.165, 1.54) is 12.3 Å². The Bertz CT molecular complexity index is 976. The molecular formula is C18H17N5O2. The van der Waals surface area contributed by atoms with Gasteiger partial charge in [-0.05, 0) is 24.3 Å². The summed E-state index contributed by atoms with van der Waals surface area (Å²) in [6.45, 7) is 2.73. The summed E-state index contributed by atoms with van der Waals surface area (Å²) in [6, 6.07) is 9.09. The second-order valence-electron chi connectivity index (χ2n) is 5.99. The first-order valence-electron chi connectivity index (χ1n) is 8.13. The predicted octanol–water partition coefficient (Wildman–Crippen LogP) is 1.28. The molecule has 1 aliphatic rings. The predicted molar refractivity (Wildman–Crippen MR) is 94.7 cm³/mol. The van der Waals surface area contributed by atoms with Crippen LogP contribution in [-0.2, 0) is 0 Å². The highest BCUT2D eigenvalue weighted by atomic mass is 16.2. The van der Waals surface area contributed by atoms with E-state index in [0.717, 1.165) is 29.7 Å². The molecule has 7 heteroatoms. The van der Waals surface area contributed by atoms with Crippen molar-refractivity contribution in [2.75, 3.05) is 31.1 Å². The maximum absolute atomic E-state index is 12.5. The van der Waals surface area contributed by atoms with E-state index in [4.69, 9.17) is 0 Å². The van der Waals surface area contributed by atoms with Crippen molar-refractivity contribution in [2.24, 2.45) is 0 Å². The first kappa shape index (κ1) is 15.3. The third kappa shape index (κ3) is 3.08. The minimum atomic E-state index is -0.261. The summed E-state index contributed by atoms with van der Waals surface area (Å²) in [6.07, 6.45) is 4.85. The summed E-state index contributed by atoms with van der Waals surface area (Å²) in [4.78, 5) is 38.7. The smallest absolute Gasteiger partial charge is 0.254 e. The minimum absolute atomic E-state index is 0.0994. The van der Waals surface area contributed by atoms with E-state index in [1.807, 2.05) is 12.1 Å². The van der Waals surface area contributed by atoms with E-state index in [9.17, 15) is 9.59 Å². The summed E-state index contributed by atoms with van der Waals surface area (Å²) >= 11 is 0. The lowest BCUT2D eigenvalue weighted by Crippen LogP contribution is -2.48. The molecular weight excluding hydrogens is 318 g/mol. The highest BCUT2D eigenvalue weighted by Crippen LogP contribution is 2.21. The number of aromatic nitrogens is 3. The van der Waals surface area contributed by atoms with Gasteiger partial charge in [0.2, 0.25) is 5.56 Å². The van der Waals surface area contributed by atoms with Crippen LogP contribution < -0.4 is 10.5 Å². The Morgan fingerprint density at radius 2 is 1.92 bits per heavy atom. The van der Waals surface area contributed by atoms with Crippen LogP contribution in [0.1, 0.15) is 10.4 Å². The average Bonchev–Trinajstić information content (AvgIpc) is 2.67. The fourth-order valence-corrected chi connectivity index (χ4v) is 3.10. The third-order valence-electron chi connectivity index (χ3n) is 4.44. The second kappa shape index (κ2) is 6.35. The number of hydrogen-bond donors (Lipinski definition) is 1. The molecule has 1 fully saturated rings. The van der Waals surface area contributed by atoms with Crippen LogP contribution in [0.15, 0.2) is 53.8 Å². The van der Waals surface area contributed by atoms with Crippen molar-refractivity contribution in [3.05, 3.63) is 65.0 Å². The number of fused-ring (bicyclic) bond motifs is 1. The van der Waals surface area contributed by atoms with Crippen molar-refractivity contribution in [3.8, 4) is 0 Å². The highest BCUT2D eigenvalue weighted by molar-refractivity contribution is 5.94. The van der Waals surface area contributed by atoms with Crippen LogP contribution in [0, 0.1) is 0 Å². The molecule has 0 bridgehead atoms. The van der Waals surface area contributed by atoms with E-state index in [0.29, 0.717) is 18.7 Å². The molecule has 0 saturated carbocycles. The Balaban J connectivity index is 1.47. The number of carbonyl (C=O) groups is 1. The summed E-state index contributed by atoms with van der Waals surface area (Å²) < 4.78 is 0. The summed E-state index contributed by atoms with van der Waals surface area (Å²) in [5.41, 5.74) is 2.19. The number of hydrogen-bond acceptors (Lipinski definition) is 5. The average molecular weight is 335 g/mol. The SMILES string of the molecule is O=C(c1cc[nH]c(=O)c1)N1CCN(c2ccc3ncncc3c2)CC1. The van der Waals surface area contributed by atoms with E-state index in [1.54, 1.807) is 23.5 Å². The number of piperazine rings is 1. The third-order valence-corrected chi connectivity index (χ3v) is 4.44. The molecule has 1 aromatic carbocycles. The van der Waals surface area contributed by atoms with Crippen LogP contribution in [0.3, 0.4) is 0 Å². The molecule has 0 unspecified atom stereocenters. The molecule has 3 aromatic rings. The van der Waals surface area contributed by atoms with E-state index in [-0.39, 0.29) is 11.5 Å². The van der Waals surface area contributed by atoms with Gasteiger partial charge >= 0.3 is 0 Å². The molecule has 1 saturated heterocycles. The number of aromatic amines is 1. The lowest BCUT2D eigenvalue weighted by Gasteiger charge is -2.36. The van der Waals surface area contributed by atoms with Gasteiger partial charge in [-0.15, -0.1) is 0 Å². The molecule has 0 aliphatic carbocycles. The first-order chi connectivity index (χ1) is 12.2. The maximum Gasteiger partial charge on any atom is 0.254 e. The van der Waals surface area contributed by atoms with Crippen LogP contribution in [0.5, 0.6) is 0 Å². The van der Waals surface area contributed by atoms with Crippen LogP contribution >= 0.6 is 0 Å². The fourth-order valence-electron chi connectivity index (χ4n) is 3.10. The van der Waals surface area contributed by atoms with Crippen LogP contribution in [-0.4, -0.2) is 51.9 Å². The molecule has 4 rings (SSSR count). The number of H-pyrrole nitrogens is 1. The van der Waals surface area contributed by atoms with Crippen molar-refractivity contribution < 1.29 is 4.79 Å². The molecule has 0 radical (unpaired) electrons. The number of carbonyl (C=O) groups excluding carboxylic acids is 1. The molecule has 25 heavy (non-hydrogen) atoms. The second-order valence-corrected chi connectivity index (χ2v) is 5.99. The number of nitrogens with zero attached hydrogens (tertiary/aromatic N) is 4. The quantitative estimate of drug-likeness (QED) is 0.763. The first-order valence-corrected chi connectivity index (χ1v) is 8.13. The standard InChI is InChI=1S/C18H17N5O2/c24-17-10-13(3-4-20-17)18(25)23-7-5-22(6-8-23)15-1-2-16-14(9-15)11-19-12-21-16/h1-4,9-12H,5-8H2,(H,20,24). The van der Waals surface area contributed by atoms with Gasteiger partial charge in [0, 0.05) is 61.3 Å². The van der Waals surface area contributed by atoms with Gasteiger partial charge in [-0.1, -0.05) is 0 Å². The van der Waals surface area contributed by atoms with Crippen molar-refractivity contribution in [1.29, 1.82) is 0 Å². The number of rotatable bonds is 2. The highest BCUT2D eigenvalue weighted by Gasteiger charge is 2.22. The van der Waals surface area contributed by atoms with Crippen molar-refractivity contribution >= 4 is 22.5 Å². The summed E-state index contributed by atoms with van der Waals surface area (Å²) in [5, 5.41) is 1.00. The maximum atomic E-state index is 12.5. The fraction of sp³-hybridized carbons (Fsp3) is 0.222. The van der Waals surface area contributed by atoms with Gasteiger partial charge in [-0.2, -0.15) is 0 Å². The number of anilines is 1. The largest absolute Gasteiger partial charge is 0.368 e. The lowest BCUT2D eigenvalue weighted by molar-refractivity contribution is 0.0746. The van der Waals surface area contributed by atoms with Crippen molar-refractivity contribution in [2.45, 2.75) is 0 Å². The van der Waals surface area contributed by atoms with Gasteiger partial charge in [0.15, 0.2) is 0 Å². The summed E-state index contributed by atoms with van der Waals surface area (Å²) in [5.74, 6) is -0.0994. The molecule has 0 spiro atoms. The Kier molecular flexibility index (Phi) is 3.89. The Labute approximate surface area is 143 Å². The summed E-state index contributed by atoms with van der Waals surface area (Å²) in [7, 11) is 0. The molecule has 0 atom stereocenters. The zero-order valence-corrected chi connectivity index (χ0v) is 13.6. The molecule has 3 heterocycles. The minimum Gasteiger partial charge on any atom is -0.368 e. The van der Waals surface area contributed by atoms with Gasteiger partial charge < -0.3 is 14.8 Å². The number of benzene rings is 1. The topological polar surface area (TPSA) is 82.2 Å². The van der Waals surface area contributed by atoms with Gasteiger partial charge in [0.1, 0.15) is 6.33 Å². The van der Waals surface area contributed by atoms with Gasteiger partial charge in [-0.25, -0.2) is 9.97 Å². The van der Waals surface area contributed by atoms with E-state index >= 15 is 0 Å². The normalized spacial score (nSPS) is 14.7. The Hall–Kier alpha value is -3.22. The van der Waals surface area contributed by atoms with Crippen LogP contribution in [0.4, 0.5) is 5.69 Å². The Morgan fingerprint density at radius 3 is 2.72 bits per heavy atom. The zero-order chi connectivity index (χ0) is 17.2. The van der Waals surface area contributed by atoms with E-state index in [2.05, 4.69) is 25.9 Å². The Morgan fingerprint density at radius 1 is 1.08 bits per heavy atom. The molecule has 1 N–H and O–H groups in total. The number of amides is 1. The molecule has 2 aromatic heterocycles. The number of pyridine rings is 1. The number of nitrogens with one attached hydrogen (secondary N) is 1. The molecule has 126 valence electrons. The van der Waals surface area contributed by atoms with Crippen LogP contribution in [0.25, 0.3) is 10.9 Å². The zero-order valence-electron chi connectivity index (χ0n) is 13.6. The van der Waals surface area contributed by atoms with Gasteiger partial charge in [0.25, 0.3) is 5.91 Å². The van der Waals surface area contributed by atoms with Crippen LogP contribution in [0.2, 0.25) is 0 Å². The van der Waals surface area contributed by atoms with E-state index < -0.39 is 0 Å². The lowest BCUT2D eigenvalue weighted by atomic mass is 10.1. The van der Waals surface area contributed by atoms with Crippen molar-refractivity contribution in [3.63, 3.8) is 0 Å². The van der Waals surface area contributed by atoms with Gasteiger partial charge in [-0.3, -0.25) is 9.59 Å². The molecule has 7 nitrogen and oxygen atoms in total. The van der Waals surface area contributed by atoms with Crippen molar-refractivity contribution in [1.82, 2.24) is 19.9 Å². The molecule has 1 aliphatic heterocycles. The van der Waals surface area contributed by atoms with Gasteiger partial charge in [0.05, 0.1) is 5.52 Å².